The van der Waals surface area contributed by atoms with Gasteiger partial charge in [-0.2, -0.15) is 0 Å². The summed E-state index contributed by atoms with van der Waals surface area (Å²) in [6.45, 7) is 1.18. The van der Waals surface area contributed by atoms with Crippen LogP contribution < -0.4 is 5.32 Å². The third kappa shape index (κ3) is 4.96. The Kier molecular flexibility index (Phi) is 6.05. The van der Waals surface area contributed by atoms with Gasteiger partial charge in [0.2, 0.25) is 6.43 Å². The lowest BCUT2D eigenvalue weighted by atomic mass is 10.1. The van der Waals surface area contributed by atoms with E-state index < -0.39 is 6.43 Å². The van der Waals surface area contributed by atoms with Gasteiger partial charge in [-0.1, -0.05) is 6.07 Å². The molecule has 0 aliphatic carbocycles. The third-order valence-corrected chi connectivity index (χ3v) is 3.35. The number of hydrogen-bond donors (Lipinski definition) is 1. The fourth-order valence-electron chi connectivity index (χ4n) is 2.23. The molecular formula is C15H21F2N3. The lowest BCUT2D eigenvalue weighted by Crippen LogP contribution is -2.18. The Morgan fingerprint density at radius 2 is 2.10 bits per heavy atom. The molecule has 1 aromatic heterocycles. The second kappa shape index (κ2) is 8.04. The molecule has 2 rings (SSSR count). The molecule has 2 heterocycles. The first kappa shape index (κ1) is 15.0. The van der Waals surface area contributed by atoms with E-state index in [2.05, 4.69) is 27.4 Å². The Morgan fingerprint density at radius 3 is 2.95 bits per heavy atom. The van der Waals surface area contributed by atoms with Crippen LogP contribution >= 0.6 is 0 Å². The van der Waals surface area contributed by atoms with E-state index >= 15 is 0 Å². The molecule has 5 heteroatoms. The second-order valence-electron chi connectivity index (χ2n) is 5.02. The summed E-state index contributed by atoms with van der Waals surface area (Å²) in [5.41, 5.74) is 2.29. The highest BCUT2D eigenvalue weighted by Gasteiger charge is 2.07. The van der Waals surface area contributed by atoms with Crippen molar-refractivity contribution in [3.63, 3.8) is 0 Å². The van der Waals surface area contributed by atoms with Crippen molar-refractivity contribution in [2.24, 2.45) is 4.99 Å². The number of nitrogens with one attached hydrogen (secondary N) is 1. The predicted molar refractivity (Wildman–Crippen MR) is 77.1 cm³/mol. The molecule has 1 aliphatic rings. The number of hydrogen-bond acceptors (Lipinski definition) is 3. The molecule has 0 spiro atoms. The van der Waals surface area contributed by atoms with Crippen molar-refractivity contribution in [3.8, 4) is 0 Å². The van der Waals surface area contributed by atoms with Gasteiger partial charge in [-0.3, -0.25) is 0 Å². The molecule has 0 saturated carbocycles. The minimum atomic E-state index is -2.21. The van der Waals surface area contributed by atoms with Crippen LogP contribution in [-0.4, -0.2) is 30.7 Å². The highest BCUT2D eigenvalue weighted by atomic mass is 19.3. The lowest BCUT2D eigenvalue weighted by molar-refractivity contribution is 0.137. The zero-order valence-electron chi connectivity index (χ0n) is 11.6. The zero-order valence-corrected chi connectivity index (χ0v) is 11.6. The first-order valence-corrected chi connectivity index (χ1v) is 7.26. The third-order valence-electron chi connectivity index (χ3n) is 3.35. The number of alkyl halides is 2. The maximum absolute atomic E-state index is 11.9. The summed E-state index contributed by atoms with van der Waals surface area (Å²) in [4.78, 5) is 8.87. The van der Waals surface area contributed by atoms with Crippen LogP contribution in [0, 0.1) is 0 Å². The Morgan fingerprint density at radius 1 is 1.20 bits per heavy atom. The molecule has 110 valence electrons. The van der Waals surface area contributed by atoms with Gasteiger partial charge in [0.25, 0.3) is 0 Å². The molecule has 1 aliphatic heterocycles. The van der Waals surface area contributed by atoms with Crippen molar-refractivity contribution in [2.45, 2.75) is 45.0 Å². The summed E-state index contributed by atoms with van der Waals surface area (Å²) < 4.78 is 23.8. The fraction of sp³-hybridized carbons (Fsp3) is 0.600. The smallest absolute Gasteiger partial charge is 0.239 e. The van der Waals surface area contributed by atoms with E-state index in [9.17, 15) is 8.78 Å². The standard InChI is InChI=1S/C15H21F2N3/c16-14(17)8-11-18-9-2-1-5-13-7-6-12-4-3-10-19-15(12)20-13/h6-7,10,14,18H,1-5,8-9,11H2. The van der Waals surface area contributed by atoms with Crippen molar-refractivity contribution in [3.05, 3.63) is 23.4 Å². The van der Waals surface area contributed by atoms with Crippen molar-refractivity contribution in [2.75, 3.05) is 13.1 Å². The first-order valence-electron chi connectivity index (χ1n) is 7.26. The number of aryl methyl sites for hydroxylation is 2. The number of pyridine rings is 1. The fourth-order valence-corrected chi connectivity index (χ4v) is 2.23. The van der Waals surface area contributed by atoms with Crippen molar-refractivity contribution in [1.29, 1.82) is 0 Å². The molecule has 0 radical (unpaired) electrons. The number of aliphatic imine (C=N–C) groups is 1. The summed E-state index contributed by atoms with van der Waals surface area (Å²) in [5.74, 6) is 0.865. The molecule has 0 saturated heterocycles. The molecule has 20 heavy (non-hydrogen) atoms. The molecule has 0 unspecified atom stereocenters. The number of aromatic nitrogens is 1. The van der Waals surface area contributed by atoms with Crippen molar-refractivity contribution in [1.82, 2.24) is 10.3 Å². The maximum atomic E-state index is 11.9. The maximum Gasteiger partial charge on any atom is 0.239 e. The average Bonchev–Trinajstić information content (AvgIpc) is 2.46. The van der Waals surface area contributed by atoms with Gasteiger partial charge in [-0.15, -0.1) is 0 Å². The van der Waals surface area contributed by atoms with E-state index in [1.165, 1.54) is 5.56 Å². The van der Waals surface area contributed by atoms with Crippen LogP contribution in [-0.2, 0) is 12.8 Å². The first-order chi connectivity index (χ1) is 9.75. The Balaban J connectivity index is 1.64. The summed E-state index contributed by atoms with van der Waals surface area (Å²) in [7, 11) is 0. The van der Waals surface area contributed by atoms with Gasteiger partial charge >= 0.3 is 0 Å². The van der Waals surface area contributed by atoms with Gasteiger partial charge < -0.3 is 5.32 Å². The monoisotopic (exact) mass is 281 g/mol. The number of nitrogens with zero attached hydrogens (tertiary/aromatic N) is 2. The number of fused-ring (bicyclic) bond motifs is 1. The molecule has 3 nitrogen and oxygen atoms in total. The Labute approximate surface area is 118 Å². The minimum Gasteiger partial charge on any atom is -0.317 e. The summed E-state index contributed by atoms with van der Waals surface area (Å²) >= 11 is 0. The van der Waals surface area contributed by atoms with Crippen molar-refractivity contribution >= 4 is 12.0 Å². The average molecular weight is 281 g/mol. The van der Waals surface area contributed by atoms with Gasteiger partial charge in [0.05, 0.1) is 0 Å². The number of halogens is 2. The van der Waals surface area contributed by atoms with E-state index in [0.717, 1.165) is 50.2 Å². The lowest BCUT2D eigenvalue weighted by Gasteiger charge is -2.10. The molecule has 0 fully saturated rings. The van der Waals surface area contributed by atoms with Crippen LogP contribution in [0.15, 0.2) is 17.1 Å². The highest BCUT2D eigenvalue weighted by molar-refractivity contribution is 5.66. The molecule has 1 aromatic rings. The van der Waals surface area contributed by atoms with E-state index in [1.54, 1.807) is 0 Å². The summed E-state index contributed by atoms with van der Waals surface area (Å²) in [6, 6.07) is 4.19. The summed E-state index contributed by atoms with van der Waals surface area (Å²) in [6.07, 6.45) is 4.58. The van der Waals surface area contributed by atoms with Crippen LogP contribution in [0.25, 0.3) is 0 Å². The zero-order chi connectivity index (χ0) is 14.2. The molecular weight excluding hydrogens is 260 g/mol. The second-order valence-corrected chi connectivity index (χ2v) is 5.02. The molecule has 0 aromatic carbocycles. The largest absolute Gasteiger partial charge is 0.317 e. The van der Waals surface area contributed by atoms with Crippen LogP contribution in [0.5, 0.6) is 0 Å². The quantitative estimate of drug-likeness (QED) is 0.742. The van der Waals surface area contributed by atoms with Gasteiger partial charge in [0, 0.05) is 24.9 Å². The minimum absolute atomic E-state index is 0.0651. The van der Waals surface area contributed by atoms with Crippen LogP contribution in [0.4, 0.5) is 14.6 Å². The topological polar surface area (TPSA) is 37.3 Å². The van der Waals surface area contributed by atoms with E-state index in [0.29, 0.717) is 6.54 Å². The van der Waals surface area contributed by atoms with Crippen LogP contribution in [0.1, 0.15) is 36.9 Å². The highest BCUT2D eigenvalue weighted by Crippen LogP contribution is 2.22. The predicted octanol–water partition coefficient (Wildman–Crippen LogP) is 3.30. The molecule has 0 bridgehead atoms. The van der Waals surface area contributed by atoms with Gasteiger partial charge in [-0.25, -0.2) is 18.8 Å². The summed E-state index contributed by atoms with van der Waals surface area (Å²) in [5, 5.41) is 3.03. The van der Waals surface area contributed by atoms with E-state index in [4.69, 9.17) is 0 Å². The Bertz CT molecular complexity index is 447. The molecule has 1 N–H and O–H groups in total. The van der Waals surface area contributed by atoms with Gasteiger partial charge in [-0.05, 0) is 50.3 Å². The molecule has 0 atom stereocenters. The SMILES string of the molecule is FC(F)CCNCCCCc1ccc2c(n1)N=CCC2. The number of unbranched alkanes of at least 4 members (excludes halogenated alkanes) is 1. The van der Waals surface area contributed by atoms with Crippen LogP contribution in [0.2, 0.25) is 0 Å². The normalized spacial score (nSPS) is 13.8. The van der Waals surface area contributed by atoms with E-state index in [-0.39, 0.29) is 6.42 Å². The Hall–Kier alpha value is -1.36. The van der Waals surface area contributed by atoms with Gasteiger partial charge in [0.15, 0.2) is 5.82 Å². The van der Waals surface area contributed by atoms with Crippen LogP contribution in [0.3, 0.4) is 0 Å². The van der Waals surface area contributed by atoms with Gasteiger partial charge in [0.1, 0.15) is 0 Å². The van der Waals surface area contributed by atoms with E-state index in [1.807, 2.05) is 6.21 Å². The number of rotatable bonds is 8. The van der Waals surface area contributed by atoms with Crippen molar-refractivity contribution < 1.29 is 8.78 Å². The molecule has 0 amide bonds.